The Morgan fingerprint density at radius 3 is 2.93 bits per heavy atom. The smallest absolute Gasteiger partial charge is 0.129 e. The molecule has 2 N–H and O–H groups in total. The third-order valence-corrected chi connectivity index (χ3v) is 2.78. The number of aryl methyl sites for hydroxylation is 1. The summed E-state index contributed by atoms with van der Waals surface area (Å²) >= 11 is 0. The summed E-state index contributed by atoms with van der Waals surface area (Å²) < 4.78 is 0. The van der Waals surface area contributed by atoms with E-state index in [1.165, 1.54) is 19.3 Å². The fourth-order valence-corrected chi connectivity index (χ4v) is 2.00. The lowest BCUT2D eigenvalue weighted by atomic mass is 10.0. The molecule has 1 atom stereocenters. The molecule has 0 aliphatic carbocycles. The average Bonchev–Trinajstić information content (AvgIpc) is 2.29. The number of piperidine rings is 1. The van der Waals surface area contributed by atoms with Gasteiger partial charge in [0.05, 0.1) is 5.69 Å². The first-order valence-electron chi connectivity index (χ1n) is 5.56. The van der Waals surface area contributed by atoms with Crippen LogP contribution in [0.25, 0.3) is 0 Å². The highest BCUT2D eigenvalue weighted by Gasteiger charge is 2.16. The molecule has 0 bridgehead atoms. The predicted octanol–water partition coefficient (Wildman–Crippen LogP) is 1.64. The molecule has 4 nitrogen and oxygen atoms in total. The largest absolute Gasteiger partial charge is 0.373 e. The van der Waals surface area contributed by atoms with Crippen LogP contribution in [0.5, 0.6) is 0 Å². The number of hydrogen-bond acceptors (Lipinski definition) is 4. The Morgan fingerprint density at radius 1 is 1.40 bits per heavy atom. The quantitative estimate of drug-likeness (QED) is 0.772. The van der Waals surface area contributed by atoms with Gasteiger partial charge in [0.25, 0.3) is 0 Å². The molecule has 1 unspecified atom stereocenters. The third-order valence-electron chi connectivity index (χ3n) is 2.78. The highest BCUT2D eigenvalue weighted by atomic mass is 15.0. The molecule has 0 aromatic carbocycles. The first-order valence-corrected chi connectivity index (χ1v) is 5.56. The Balaban J connectivity index is 2.22. The predicted molar refractivity (Wildman–Crippen MR) is 60.9 cm³/mol. The van der Waals surface area contributed by atoms with Crippen molar-refractivity contribution in [2.24, 2.45) is 0 Å². The minimum Gasteiger partial charge on any atom is -0.373 e. The Hall–Kier alpha value is -1.16. The van der Waals surface area contributed by atoms with Gasteiger partial charge in [-0.15, -0.1) is 0 Å². The number of nitrogens with one attached hydrogen (secondary N) is 2. The van der Waals surface area contributed by atoms with Crippen LogP contribution < -0.4 is 10.6 Å². The fraction of sp³-hybridized carbons (Fsp3) is 0.636. The van der Waals surface area contributed by atoms with Crippen molar-refractivity contribution < 1.29 is 0 Å². The monoisotopic (exact) mass is 206 g/mol. The second-order valence-corrected chi connectivity index (χ2v) is 3.98. The highest BCUT2D eigenvalue weighted by molar-refractivity contribution is 5.36. The lowest BCUT2D eigenvalue weighted by Gasteiger charge is -2.23. The van der Waals surface area contributed by atoms with Gasteiger partial charge >= 0.3 is 0 Å². The molecule has 82 valence electrons. The van der Waals surface area contributed by atoms with Gasteiger partial charge in [-0.25, -0.2) is 9.97 Å². The van der Waals surface area contributed by atoms with E-state index in [2.05, 4.69) is 20.6 Å². The maximum absolute atomic E-state index is 4.49. The molecular formula is C11H18N4. The van der Waals surface area contributed by atoms with Crippen molar-refractivity contribution in [3.63, 3.8) is 0 Å². The first-order chi connectivity index (χ1) is 7.29. The Morgan fingerprint density at radius 2 is 2.27 bits per heavy atom. The average molecular weight is 206 g/mol. The minimum atomic E-state index is 0.410. The van der Waals surface area contributed by atoms with Crippen LogP contribution in [-0.2, 0) is 0 Å². The van der Waals surface area contributed by atoms with Gasteiger partial charge in [-0.3, -0.25) is 0 Å². The van der Waals surface area contributed by atoms with E-state index in [0.29, 0.717) is 6.04 Å². The minimum absolute atomic E-state index is 0.410. The molecule has 0 saturated carbocycles. The van der Waals surface area contributed by atoms with Gasteiger partial charge in [-0.1, -0.05) is 6.42 Å². The Bertz CT molecular complexity index is 331. The van der Waals surface area contributed by atoms with Crippen molar-refractivity contribution in [2.75, 3.05) is 18.9 Å². The summed E-state index contributed by atoms with van der Waals surface area (Å²) in [5.74, 6) is 1.74. The van der Waals surface area contributed by atoms with Crippen LogP contribution in [-0.4, -0.2) is 23.6 Å². The molecule has 0 amide bonds. The molecule has 2 rings (SSSR count). The van der Waals surface area contributed by atoms with Crippen molar-refractivity contribution in [1.29, 1.82) is 0 Å². The number of aromatic nitrogens is 2. The van der Waals surface area contributed by atoms with Crippen molar-refractivity contribution >= 4 is 5.82 Å². The summed E-state index contributed by atoms with van der Waals surface area (Å²) in [5.41, 5.74) is 1.12. The zero-order valence-corrected chi connectivity index (χ0v) is 9.38. The van der Waals surface area contributed by atoms with Crippen LogP contribution in [0.15, 0.2) is 6.07 Å². The summed E-state index contributed by atoms with van der Waals surface area (Å²) in [6.45, 7) is 3.04. The zero-order chi connectivity index (χ0) is 10.7. The maximum atomic E-state index is 4.49. The van der Waals surface area contributed by atoms with Gasteiger partial charge in [0, 0.05) is 19.2 Å². The van der Waals surface area contributed by atoms with E-state index >= 15 is 0 Å². The fourth-order valence-electron chi connectivity index (χ4n) is 2.00. The van der Waals surface area contributed by atoms with Crippen LogP contribution in [0.1, 0.15) is 36.8 Å². The van der Waals surface area contributed by atoms with Gasteiger partial charge in [-0.05, 0) is 26.3 Å². The molecule has 1 aromatic rings. The van der Waals surface area contributed by atoms with E-state index in [-0.39, 0.29) is 0 Å². The van der Waals surface area contributed by atoms with Crippen LogP contribution in [0.3, 0.4) is 0 Å². The van der Waals surface area contributed by atoms with Crippen molar-refractivity contribution in [2.45, 2.75) is 32.2 Å². The standard InChI is InChI=1S/C11H18N4/c1-8-14-10(7-11(12-2)15-8)9-5-3-4-6-13-9/h7,9,13H,3-6H2,1-2H3,(H,12,14,15). The normalized spacial score (nSPS) is 21.3. The SMILES string of the molecule is CNc1cc(C2CCCCN2)nc(C)n1. The third kappa shape index (κ3) is 2.45. The first kappa shape index (κ1) is 10.4. The Labute approximate surface area is 90.5 Å². The van der Waals surface area contributed by atoms with Gasteiger partial charge < -0.3 is 10.6 Å². The number of nitrogens with zero attached hydrogens (tertiary/aromatic N) is 2. The van der Waals surface area contributed by atoms with E-state index < -0.39 is 0 Å². The topological polar surface area (TPSA) is 49.8 Å². The maximum Gasteiger partial charge on any atom is 0.129 e. The molecule has 1 fully saturated rings. The molecule has 4 heteroatoms. The van der Waals surface area contributed by atoms with Crippen molar-refractivity contribution in [1.82, 2.24) is 15.3 Å². The molecule has 0 spiro atoms. The van der Waals surface area contributed by atoms with Gasteiger partial charge in [0.1, 0.15) is 11.6 Å². The van der Waals surface area contributed by atoms with Crippen molar-refractivity contribution in [3.8, 4) is 0 Å². The van der Waals surface area contributed by atoms with Crippen LogP contribution in [0.2, 0.25) is 0 Å². The van der Waals surface area contributed by atoms with E-state index in [0.717, 1.165) is 23.9 Å². The van der Waals surface area contributed by atoms with Crippen LogP contribution in [0, 0.1) is 6.92 Å². The lowest BCUT2D eigenvalue weighted by molar-refractivity contribution is 0.404. The van der Waals surface area contributed by atoms with Crippen molar-refractivity contribution in [3.05, 3.63) is 17.6 Å². The van der Waals surface area contributed by atoms with Gasteiger partial charge in [0.15, 0.2) is 0 Å². The number of rotatable bonds is 2. The second kappa shape index (κ2) is 4.57. The van der Waals surface area contributed by atoms with E-state index in [1.807, 2.05) is 20.0 Å². The molecule has 1 aliphatic heterocycles. The number of hydrogen-bond donors (Lipinski definition) is 2. The molecular weight excluding hydrogens is 188 g/mol. The molecule has 0 radical (unpaired) electrons. The summed E-state index contributed by atoms with van der Waals surface area (Å²) in [4.78, 5) is 8.79. The summed E-state index contributed by atoms with van der Waals surface area (Å²) in [6.07, 6.45) is 3.74. The van der Waals surface area contributed by atoms with E-state index in [4.69, 9.17) is 0 Å². The Kier molecular flexibility index (Phi) is 3.16. The van der Waals surface area contributed by atoms with E-state index in [1.54, 1.807) is 0 Å². The van der Waals surface area contributed by atoms with Gasteiger partial charge in [0.2, 0.25) is 0 Å². The molecule has 1 aliphatic rings. The zero-order valence-electron chi connectivity index (χ0n) is 9.38. The number of anilines is 1. The molecule has 1 saturated heterocycles. The summed E-state index contributed by atoms with van der Waals surface area (Å²) in [5, 5.41) is 6.56. The van der Waals surface area contributed by atoms with Crippen LogP contribution >= 0.6 is 0 Å². The lowest BCUT2D eigenvalue weighted by Crippen LogP contribution is -2.27. The van der Waals surface area contributed by atoms with Crippen LogP contribution in [0.4, 0.5) is 5.82 Å². The molecule has 1 aromatic heterocycles. The molecule has 2 heterocycles. The van der Waals surface area contributed by atoms with Gasteiger partial charge in [-0.2, -0.15) is 0 Å². The second-order valence-electron chi connectivity index (χ2n) is 3.98. The van der Waals surface area contributed by atoms with E-state index in [9.17, 15) is 0 Å². The summed E-state index contributed by atoms with van der Waals surface area (Å²) in [6, 6.07) is 2.45. The highest BCUT2D eigenvalue weighted by Crippen LogP contribution is 2.22. The molecule has 15 heavy (non-hydrogen) atoms. The summed E-state index contributed by atoms with van der Waals surface area (Å²) in [7, 11) is 1.89.